The van der Waals surface area contributed by atoms with E-state index in [1.807, 2.05) is 18.7 Å². The summed E-state index contributed by atoms with van der Waals surface area (Å²) in [6.07, 6.45) is -4.62. The Kier molecular flexibility index (Phi) is 9.65. The number of carbonyl (C=O) groups excluding carboxylic acids is 2. The summed E-state index contributed by atoms with van der Waals surface area (Å²) in [4.78, 5) is 31.2. The van der Waals surface area contributed by atoms with E-state index >= 15 is 0 Å². The number of halogens is 4. The van der Waals surface area contributed by atoms with Gasteiger partial charge >= 0.3 is 6.18 Å². The largest absolute Gasteiger partial charge is 0.416 e. The van der Waals surface area contributed by atoms with Crippen molar-refractivity contribution in [2.75, 3.05) is 57.4 Å². The van der Waals surface area contributed by atoms with E-state index in [2.05, 4.69) is 11.8 Å². The molecule has 11 heteroatoms. The van der Waals surface area contributed by atoms with Gasteiger partial charge in [0.05, 0.1) is 24.5 Å². The summed E-state index contributed by atoms with van der Waals surface area (Å²) < 4.78 is 49.0. The van der Waals surface area contributed by atoms with Gasteiger partial charge in [-0.25, -0.2) is 0 Å². The topological polar surface area (TPSA) is 73.3 Å². The van der Waals surface area contributed by atoms with E-state index in [4.69, 9.17) is 16.3 Å². The molecule has 4 rings (SSSR count). The first-order valence-electron chi connectivity index (χ1n) is 13.6. The molecule has 0 bridgehead atoms. The molecule has 1 unspecified atom stereocenters. The highest BCUT2D eigenvalue weighted by atomic mass is 35.5. The van der Waals surface area contributed by atoms with Crippen LogP contribution in [0.15, 0.2) is 36.4 Å². The summed E-state index contributed by atoms with van der Waals surface area (Å²) in [6.45, 7) is 7.64. The van der Waals surface area contributed by atoms with Crippen LogP contribution in [0.2, 0.25) is 5.02 Å². The minimum Gasteiger partial charge on any atom is -0.378 e. The highest BCUT2D eigenvalue weighted by molar-refractivity contribution is 6.32. The third kappa shape index (κ3) is 6.38. The monoisotopic (exact) mass is 591 g/mol. The SMILES string of the molecule is CCN(CC)CCN1C(=O)C(O)(c2ccccc2Cl)c2c1cc(C#CCCC(=O)N1CCOCC1)cc2C(F)(F)F. The van der Waals surface area contributed by atoms with Gasteiger partial charge in [0, 0.05) is 60.7 Å². The van der Waals surface area contributed by atoms with Gasteiger partial charge < -0.3 is 24.5 Å². The number of alkyl halides is 3. The second-order valence-corrected chi connectivity index (χ2v) is 10.3. The lowest BCUT2D eigenvalue weighted by atomic mass is 9.83. The molecule has 7 nitrogen and oxygen atoms in total. The van der Waals surface area contributed by atoms with Crippen LogP contribution in [0.25, 0.3) is 0 Å². The van der Waals surface area contributed by atoms with Crippen molar-refractivity contribution < 1.29 is 32.6 Å². The number of carbonyl (C=O) groups is 2. The predicted molar refractivity (Wildman–Crippen MR) is 150 cm³/mol. The lowest BCUT2D eigenvalue weighted by Crippen LogP contribution is -2.44. The van der Waals surface area contributed by atoms with Gasteiger partial charge in [-0.05, 0) is 31.3 Å². The number of fused-ring (bicyclic) bond motifs is 1. The quantitative estimate of drug-likeness (QED) is 0.464. The maximum Gasteiger partial charge on any atom is 0.416 e. The van der Waals surface area contributed by atoms with Gasteiger partial charge in [-0.3, -0.25) is 9.59 Å². The molecule has 2 aliphatic heterocycles. The Morgan fingerprint density at radius 1 is 1.17 bits per heavy atom. The second kappa shape index (κ2) is 12.8. The highest BCUT2D eigenvalue weighted by Crippen LogP contribution is 2.51. The number of rotatable bonds is 8. The number of benzene rings is 2. The van der Waals surface area contributed by atoms with Gasteiger partial charge in [0.2, 0.25) is 5.91 Å². The maximum atomic E-state index is 14.6. The molecule has 0 saturated carbocycles. The molecule has 2 amide bonds. The predicted octanol–water partition coefficient (Wildman–Crippen LogP) is 4.27. The molecule has 1 N–H and O–H groups in total. The molecular formula is C30H33ClF3N3O4. The van der Waals surface area contributed by atoms with E-state index in [1.165, 1.54) is 29.2 Å². The molecule has 0 spiro atoms. The number of aliphatic hydroxyl groups is 1. The van der Waals surface area contributed by atoms with Crippen molar-refractivity contribution in [1.82, 2.24) is 9.80 Å². The molecule has 2 aromatic rings. The Labute approximate surface area is 242 Å². The van der Waals surface area contributed by atoms with Crippen molar-refractivity contribution in [3.63, 3.8) is 0 Å². The number of amides is 2. The summed E-state index contributed by atoms with van der Waals surface area (Å²) in [6, 6.07) is 8.11. The fraction of sp³-hybridized carbons (Fsp3) is 0.467. The number of ether oxygens (including phenoxy) is 1. The van der Waals surface area contributed by atoms with Gasteiger partial charge in [-0.1, -0.05) is 55.5 Å². The lowest BCUT2D eigenvalue weighted by molar-refractivity contribution is -0.142. The maximum absolute atomic E-state index is 14.6. The minimum atomic E-state index is -4.90. The van der Waals surface area contributed by atoms with Crippen molar-refractivity contribution >= 4 is 29.1 Å². The third-order valence-electron chi connectivity index (χ3n) is 7.49. The van der Waals surface area contributed by atoms with Crippen molar-refractivity contribution in [2.45, 2.75) is 38.5 Å². The second-order valence-electron chi connectivity index (χ2n) is 9.88. The van der Waals surface area contributed by atoms with Crippen LogP contribution in [0.5, 0.6) is 0 Å². The van der Waals surface area contributed by atoms with Crippen LogP contribution < -0.4 is 4.90 Å². The van der Waals surface area contributed by atoms with Crippen molar-refractivity contribution in [1.29, 1.82) is 0 Å². The summed E-state index contributed by atoms with van der Waals surface area (Å²) in [5.74, 6) is 4.56. The first-order chi connectivity index (χ1) is 19.5. The number of hydrogen-bond acceptors (Lipinski definition) is 5. The van der Waals surface area contributed by atoms with E-state index in [-0.39, 0.29) is 47.1 Å². The number of anilines is 1. The van der Waals surface area contributed by atoms with Crippen LogP contribution in [0.1, 0.15) is 48.9 Å². The molecule has 0 aliphatic carbocycles. The minimum absolute atomic E-state index is 0.0261. The van der Waals surface area contributed by atoms with Crippen LogP contribution in [0.4, 0.5) is 18.9 Å². The average molecular weight is 592 g/mol. The van der Waals surface area contributed by atoms with Crippen LogP contribution in [0, 0.1) is 11.8 Å². The first kappa shape index (κ1) is 30.8. The molecule has 41 heavy (non-hydrogen) atoms. The van der Waals surface area contributed by atoms with Crippen LogP contribution in [0.3, 0.4) is 0 Å². The van der Waals surface area contributed by atoms with E-state index in [1.54, 1.807) is 11.0 Å². The van der Waals surface area contributed by atoms with Gasteiger partial charge in [0.25, 0.3) is 5.91 Å². The zero-order chi connectivity index (χ0) is 29.8. The number of hydrogen-bond donors (Lipinski definition) is 1. The molecule has 0 aromatic heterocycles. The van der Waals surface area contributed by atoms with Crippen molar-refractivity contribution in [3.8, 4) is 11.8 Å². The smallest absolute Gasteiger partial charge is 0.378 e. The standard InChI is InChI=1S/C30H33ClF3N3O4/c1-3-35(4-2)13-14-37-25-20-21(9-5-8-12-26(38)36-15-17-41-18-16-36)19-23(30(32,33)34)27(25)29(40,28(37)39)22-10-6-7-11-24(22)31/h6-7,10-11,19-20,40H,3-4,8,12-18H2,1-2H3. The third-order valence-corrected chi connectivity index (χ3v) is 7.82. The van der Waals surface area contributed by atoms with Crippen molar-refractivity contribution in [2.24, 2.45) is 0 Å². The molecule has 1 saturated heterocycles. The van der Waals surface area contributed by atoms with Crippen LogP contribution in [-0.2, 0) is 26.1 Å². The Morgan fingerprint density at radius 2 is 1.85 bits per heavy atom. The summed E-state index contributed by atoms with van der Waals surface area (Å²) in [7, 11) is 0. The first-order valence-corrected chi connectivity index (χ1v) is 14.0. The summed E-state index contributed by atoms with van der Waals surface area (Å²) in [5.41, 5.74) is -4.52. The molecule has 0 radical (unpaired) electrons. The van der Waals surface area contributed by atoms with Gasteiger partial charge in [0.1, 0.15) is 0 Å². The van der Waals surface area contributed by atoms with Crippen LogP contribution in [-0.4, -0.2) is 79.2 Å². The molecule has 1 fully saturated rings. The Bertz CT molecular complexity index is 1350. The van der Waals surface area contributed by atoms with E-state index in [9.17, 15) is 27.9 Å². The molecule has 220 valence electrons. The average Bonchev–Trinajstić information content (AvgIpc) is 3.17. The van der Waals surface area contributed by atoms with Crippen LogP contribution >= 0.6 is 11.6 Å². The lowest BCUT2D eigenvalue weighted by Gasteiger charge is -2.27. The number of nitrogens with zero attached hydrogens (tertiary/aromatic N) is 3. The van der Waals surface area contributed by atoms with E-state index in [0.29, 0.717) is 45.9 Å². The van der Waals surface area contributed by atoms with E-state index < -0.39 is 28.8 Å². The highest BCUT2D eigenvalue weighted by Gasteiger charge is 2.56. The number of likely N-dealkylation sites (N-methyl/N-ethyl adjacent to an activating group) is 1. The van der Waals surface area contributed by atoms with E-state index in [0.717, 1.165) is 6.07 Å². The van der Waals surface area contributed by atoms with Gasteiger partial charge in [-0.15, -0.1) is 0 Å². The molecular weight excluding hydrogens is 559 g/mol. The fourth-order valence-electron chi connectivity index (χ4n) is 5.24. The zero-order valence-electron chi connectivity index (χ0n) is 23.1. The molecule has 2 aliphatic rings. The molecule has 2 aromatic carbocycles. The van der Waals surface area contributed by atoms with Gasteiger partial charge in [-0.2, -0.15) is 13.2 Å². The Hall–Kier alpha value is -3.10. The Balaban J connectivity index is 1.76. The number of morpholine rings is 1. The zero-order valence-corrected chi connectivity index (χ0v) is 23.8. The van der Waals surface area contributed by atoms with Crippen molar-refractivity contribution in [3.05, 3.63) is 63.7 Å². The molecule has 2 heterocycles. The summed E-state index contributed by atoms with van der Waals surface area (Å²) >= 11 is 6.33. The Morgan fingerprint density at radius 3 is 2.49 bits per heavy atom. The molecule has 1 atom stereocenters. The summed E-state index contributed by atoms with van der Waals surface area (Å²) in [5, 5.41) is 11.8. The normalized spacial score (nSPS) is 18.9. The van der Waals surface area contributed by atoms with Gasteiger partial charge in [0.15, 0.2) is 5.60 Å². The fourth-order valence-corrected chi connectivity index (χ4v) is 5.51.